The molecule has 0 saturated carbocycles. The van der Waals surface area contributed by atoms with E-state index in [1.165, 1.54) is 0 Å². The molecule has 3 N–H and O–H groups in total. The van der Waals surface area contributed by atoms with Crippen LogP contribution in [0.1, 0.15) is 13.8 Å². The fraction of sp³-hybridized carbons (Fsp3) is 0.364. The van der Waals surface area contributed by atoms with Crippen LogP contribution < -0.4 is 11.3 Å². The van der Waals surface area contributed by atoms with Crippen LogP contribution in [0, 0.1) is 5.92 Å². The summed E-state index contributed by atoms with van der Waals surface area (Å²) >= 11 is 0. The maximum absolute atomic E-state index is 11.6. The number of anilines is 1. The minimum absolute atomic E-state index is 0.0967. The zero-order valence-electron chi connectivity index (χ0n) is 9.90. The fourth-order valence-electron chi connectivity index (χ4n) is 1.49. The smallest absolute Gasteiger partial charge is 0.280 e. The lowest BCUT2D eigenvalue weighted by atomic mass is 10.1. The number of hydrogen-bond acceptors (Lipinski definition) is 4. The first kappa shape index (κ1) is 11.4. The summed E-state index contributed by atoms with van der Waals surface area (Å²) in [5.74, 6) is 0.464. The van der Waals surface area contributed by atoms with Gasteiger partial charge in [0.15, 0.2) is 11.2 Å². The molecule has 0 aliphatic rings. The summed E-state index contributed by atoms with van der Waals surface area (Å²) in [6, 6.07) is 0. The van der Waals surface area contributed by atoms with Gasteiger partial charge in [-0.1, -0.05) is 26.0 Å². The number of aromatic amines is 1. The van der Waals surface area contributed by atoms with Crippen molar-refractivity contribution in [3.8, 4) is 0 Å². The first-order valence-corrected chi connectivity index (χ1v) is 5.37. The third-order valence-corrected chi connectivity index (χ3v) is 2.68. The highest BCUT2D eigenvalue weighted by atomic mass is 16.1. The van der Waals surface area contributed by atoms with Gasteiger partial charge in [-0.2, -0.15) is 4.98 Å². The van der Waals surface area contributed by atoms with E-state index in [0.29, 0.717) is 23.6 Å². The quantitative estimate of drug-likeness (QED) is 0.771. The van der Waals surface area contributed by atoms with Crippen molar-refractivity contribution >= 4 is 17.1 Å². The zero-order valence-corrected chi connectivity index (χ0v) is 9.90. The van der Waals surface area contributed by atoms with Gasteiger partial charge < -0.3 is 10.3 Å². The Hall–Kier alpha value is -2.11. The van der Waals surface area contributed by atoms with Crippen molar-refractivity contribution in [1.29, 1.82) is 0 Å². The van der Waals surface area contributed by atoms with E-state index in [1.54, 1.807) is 10.9 Å². The van der Waals surface area contributed by atoms with Crippen LogP contribution in [0.4, 0.5) is 5.95 Å². The Balaban J connectivity index is 2.49. The van der Waals surface area contributed by atoms with Crippen molar-refractivity contribution in [1.82, 2.24) is 19.5 Å². The normalized spacial score (nSPS) is 11.2. The Kier molecular flexibility index (Phi) is 2.71. The Morgan fingerprint density at radius 2 is 2.35 bits per heavy atom. The summed E-state index contributed by atoms with van der Waals surface area (Å²) in [5, 5.41) is 0. The predicted octanol–water partition coefficient (Wildman–Crippen LogP) is 0.914. The summed E-state index contributed by atoms with van der Waals surface area (Å²) in [7, 11) is 0. The van der Waals surface area contributed by atoms with Gasteiger partial charge in [0, 0.05) is 6.54 Å². The first-order valence-electron chi connectivity index (χ1n) is 5.37. The molecule has 17 heavy (non-hydrogen) atoms. The van der Waals surface area contributed by atoms with E-state index >= 15 is 0 Å². The van der Waals surface area contributed by atoms with Crippen LogP contribution >= 0.6 is 0 Å². The molecule has 0 amide bonds. The van der Waals surface area contributed by atoms with Crippen molar-refractivity contribution in [2.45, 2.75) is 20.4 Å². The SMILES string of the molecule is C=C(Cn1cnc2c(=O)[nH]c(N)nc21)C(C)C. The maximum atomic E-state index is 11.6. The highest BCUT2D eigenvalue weighted by molar-refractivity contribution is 5.70. The van der Waals surface area contributed by atoms with Gasteiger partial charge in [-0.3, -0.25) is 9.78 Å². The van der Waals surface area contributed by atoms with E-state index in [0.717, 1.165) is 5.57 Å². The molecular weight excluding hydrogens is 218 g/mol. The molecule has 0 fully saturated rings. The second-order valence-electron chi connectivity index (χ2n) is 4.31. The summed E-state index contributed by atoms with van der Waals surface area (Å²) in [5.41, 5.74) is 7.04. The van der Waals surface area contributed by atoms with Crippen molar-refractivity contribution in [2.24, 2.45) is 5.92 Å². The topological polar surface area (TPSA) is 89.6 Å². The highest BCUT2D eigenvalue weighted by Crippen LogP contribution is 2.13. The van der Waals surface area contributed by atoms with Gasteiger partial charge in [-0.15, -0.1) is 0 Å². The molecule has 6 heteroatoms. The molecule has 2 aromatic rings. The lowest BCUT2D eigenvalue weighted by molar-refractivity contribution is 0.669. The summed E-state index contributed by atoms with van der Waals surface area (Å²) in [6.45, 7) is 8.71. The van der Waals surface area contributed by atoms with Crippen molar-refractivity contribution in [3.63, 3.8) is 0 Å². The van der Waals surface area contributed by atoms with Crippen molar-refractivity contribution < 1.29 is 0 Å². The van der Waals surface area contributed by atoms with Crippen LogP contribution in [0.15, 0.2) is 23.3 Å². The van der Waals surface area contributed by atoms with E-state index in [-0.39, 0.29) is 11.5 Å². The average Bonchev–Trinajstić information content (AvgIpc) is 2.61. The molecule has 0 aliphatic heterocycles. The molecule has 0 aromatic carbocycles. The largest absolute Gasteiger partial charge is 0.369 e. The highest BCUT2D eigenvalue weighted by Gasteiger charge is 2.10. The summed E-state index contributed by atoms with van der Waals surface area (Å²) in [4.78, 5) is 22.1. The monoisotopic (exact) mass is 233 g/mol. The number of aromatic nitrogens is 4. The van der Waals surface area contributed by atoms with Crippen molar-refractivity contribution in [2.75, 3.05) is 5.73 Å². The van der Waals surface area contributed by atoms with Crippen molar-refractivity contribution in [3.05, 3.63) is 28.8 Å². The number of hydrogen-bond donors (Lipinski definition) is 2. The number of nitrogens with zero attached hydrogens (tertiary/aromatic N) is 3. The number of H-pyrrole nitrogens is 1. The van der Waals surface area contributed by atoms with Crippen LogP contribution in [0.3, 0.4) is 0 Å². The van der Waals surface area contributed by atoms with Crippen LogP contribution in [-0.4, -0.2) is 19.5 Å². The molecular formula is C11H15N5O. The molecule has 6 nitrogen and oxygen atoms in total. The number of nitrogens with one attached hydrogen (secondary N) is 1. The van der Waals surface area contributed by atoms with Crippen LogP contribution in [0.2, 0.25) is 0 Å². The average molecular weight is 233 g/mol. The van der Waals surface area contributed by atoms with Gasteiger partial charge in [0.05, 0.1) is 6.33 Å². The van der Waals surface area contributed by atoms with E-state index in [2.05, 4.69) is 35.4 Å². The molecule has 0 saturated heterocycles. The zero-order chi connectivity index (χ0) is 12.6. The van der Waals surface area contributed by atoms with Gasteiger partial charge >= 0.3 is 0 Å². The van der Waals surface area contributed by atoms with Gasteiger partial charge in [-0.05, 0) is 5.92 Å². The van der Waals surface area contributed by atoms with E-state index in [9.17, 15) is 4.79 Å². The van der Waals surface area contributed by atoms with E-state index < -0.39 is 0 Å². The number of allylic oxidation sites excluding steroid dienone is 1. The third-order valence-electron chi connectivity index (χ3n) is 2.68. The van der Waals surface area contributed by atoms with E-state index in [1.807, 2.05) is 0 Å². The standard InChI is InChI=1S/C11H15N5O/c1-6(2)7(3)4-16-5-13-8-9(16)14-11(12)15-10(8)17/h5-6H,3-4H2,1-2H3,(H3,12,14,15,17). The minimum atomic E-state index is -0.318. The lowest BCUT2D eigenvalue weighted by Crippen LogP contribution is -2.13. The lowest BCUT2D eigenvalue weighted by Gasteiger charge is -2.10. The molecule has 2 rings (SSSR count). The molecule has 0 radical (unpaired) electrons. The second-order valence-corrected chi connectivity index (χ2v) is 4.31. The summed E-state index contributed by atoms with van der Waals surface area (Å²) in [6.07, 6.45) is 1.58. The van der Waals surface area contributed by atoms with Crippen LogP contribution in [0.25, 0.3) is 11.2 Å². The maximum Gasteiger partial charge on any atom is 0.280 e. The number of fused-ring (bicyclic) bond motifs is 1. The molecule has 90 valence electrons. The van der Waals surface area contributed by atoms with E-state index in [4.69, 9.17) is 5.73 Å². The Bertz CT molecular complexity index is 622. The molecule has 2 heterocycles. The minimum Gasteiger partial charge on any atom is -0.369 e. The third kappa shape index (κ3) is 2.06. The molecule has 0 aliphatic carbocycles. The second kappa shape index (κ2) is 4.04. The number of rotatable bonds is 3. The van der Waals surface area contributed by atoms with Gasteiger partial charge in [0.1, 0.15) is 0 Å². The molecule has 0 unspecified atom stereocenters. The predicted molar refractivity (Wildman–Crippen MR) is 66.5 cm³/mol. The molecule has 0 atom stereocenters. The summed E-state index contributed by atoms with van der Waals surface area (Å²) < 4.78 is 1.78. The molecule has 0 spiro atoms. The Labute approximate surface area is 98.2 Å². The fourth-order valence-corrected chi connectivity index (χ4v) is 1.49. The first-order chi connectivity index (χ1) is 7.99. The van der Waals surface area contributed by atoms with Crippen LogP contribution in [0.5, 0.6) is 0 Å². The number of nitrogen functional groups attached to an aromatic ring is 1. The number of imidazole rings is 1. The van der Waals surface area contributed by atoms with Crippen LogP contribution in [-0.2, 0) is 6.54 Å². The van der Waals surface area contributed by atoms with Gasteiger partial charge in [0.25, 0.3) is 5.56 Å². The number of nitrogens with two attached hydrogens (primary N) is 1. The molecule has 0 bridgehead atoms. The van der Waals surface area contributed by atoms with Gasteiger partial charge in [-0.25, -0.2) is 4.98 Å². The molecule has 2 aromatic heterocycles. The van der Waals surface area contributed by atoms with Gasteiger partial charge in [0.2, 0.25) is 5.95 Å². The Morgan fingerprint density at radius 1 is 1.65 bits per heavy atom. The Morgan fingerprint density at radius 3 is 3.00 bits per heavy atom.